The van der Waals surface area contributed by atoms with Gasteiger partial charge in [-0.05, 0) is 56.7 Å². The molecule has 0 aliphatic carbocycles. The molecule has 0 aliphatic rings. The Labute approximate surface area is 126 Å². The third-order valence-electron chi connectivity index (χ3n) is 2.10. The first-order valence-corrected chi connectivity index (χ1v) is 6.82. The summed E-state index contributed by atoms with van der Waals surface area (Å²) in [5.41, 5.74) is 0.443. The molecule has 1 unspecified atom stereocenters. The molecule has 7 heteroatoms. The molecule has 0 aromatic heterocycles. The Morgan fingerprint density at radius 1 is 1.56 bits per heavy atom. The van der Waals surface area contributed by atoms with Crippen molar-refractivity contribution in [2.24, 2.45) is 0 Å². The van der Waals surface area contributed by atoms with Crippen molar-refractivity contribution in [3.63, 3.8) is 0 Å². The molecular formula is C11H11BrINO4. The Balaban J connectivity index is 2.66. The molecule has 1 rings (SSSR count). The molecule has 0 radical (unpaired) electrons. The third kappa shape index (κ3) is 4.21. The van der Waals surface area contributed by atoms with E-state index in [-0.39, 0.29) is 12.5 Å². The number of aliphatic hydroxyl groups excluding tert-OH is 1. The molecule has 1 atom stereocenters. The van der Waals surface area contributed by atoms with Gasteiger partial charge in [0, 0.05) is 8.04 Å². The molecule has 2 N–H and O–H groups in total. The minimum absolute atomic E-state index is 0.191. The van der Waals surface area contributed by atoms with Crippen molar-refractivity contribution in [2.75, 3.05) is 13.7 Å². The quantitative estimate of drug-likeness (QED) is 0.561. The number of amides is 1. The van der Waals surface area contributed by atoms with Crippen molar-refractivity contribution in [3.05, 3.63) is 31.8 Å². The smallest absolute Gasteiger partial charge is 0.336 e. The van der Waals surface area contributed by atoms with Crippen LogP contribution >= 0.6 is 38.5 Å². The Morgan fingerprint density at radius 2 is 2.22 bits per heavy atom. The van der Waals surface area contributed by atoms with Crippen LogP contribution in [-0.4, -0.2) is 36.7 Å². The van der Waals surface area contributed by atoms with Gasteiger partial charge in [0.25, 0.3) is 5.91 Å². The number of rotatable bonds is 4. The van der Waals surface area contributed by atoms with Crippen molar-refractivity contribution < 1.29 is 19.4 Å². The van der Waals surface area contributed by atoms with Crippen LogP contribution in [0.3, 0.4) is 0 Å². The van der Waals surface area contributed by atoms with E-state index in [9.17, 15) is 14.7 Å². The Morgan fingerprint density at radius 3 is 2.83 bits per heavy atom. The summed E-state index contributed by atoms with van der Waals surface area (Å²) in [6, 6.07) is 5.31. The zero-order valence-electron chi connectivity index (χ0n) is 9.44. The highest BCUT2D eigenvalue weighted by atomic mass is 127. The molecule has 0 saturated carbocycles. The van der Waals surface area contributed by atoms with Crippen molar-refractivity contribution in [1.82, 2.24) is 5.32 Å². The standard InChI is InChI=1S/C11H11BrINO4/c1-18-11(17)9(15)5-14-10(16)7-4-6(13)2-3-8(7)12/h2-4,9,15H,5H2,1H3,(H,14,16). The Kier molecular flexibility index (Phi) is 6.03. The molecule has 1 amide bonds. The highest BCUT2D eigenvalue weighted by Crippen LogP contribution is 2.19. The highest BCUT2D eigenvalue weighted by molar-refractivity contribution is 14.1. The predicted molar refractivity (Wildman–Crippen MR) is 77.2 cm³/mol. The first-order valence-electron chi connectivity index (χ1n) is 4.95. The first-order chi connectivity index (χ1) is 8.45. The zero-order chi connectivity index (χ0) is 13.7. The van der Waals surface area contributed by atoms with Gasteiger partial charge in [-0.3, -0.25) is 4.79 Å². The molecule has 1 aromatic carbocycles. The van der Waals surface area contributed by atoms with E-state index in [0.29, 0.717) is 10.0 Å². The van der Waals surface area contributed by atoms with Crippen LogP contribution in [0.5, 0.6) is 0 Å². The van der Waals surface area contributed by atoms with E-state index < -0.39 is 12.1 Å². The van der Waals surface area contributed by atoms with E-state index >= 15 is 0 Å². The van der Waals surface area contributed by atoms with Gasteiger partial charge in [-0.1, -0.05) is 0 Å². The number of carbonyl (C=O) groups excluding carboxylic acids is 2. The Bertz CT molecular complexity index is 466. The number of hydrogen-bond acceptors (Lipinski definition) is 4. The molecule has 18 heavy (non-hydrogen) atoms. The molecule has 0 fully saturated rings. The summed E-state index contributed by atoms with van der Waals surface area (Å²) in [4.78, 5) is 22.8. The monoisotopic (exact) mass is 427 g/mol. The minimum Gasteiger partial charge on any atom is -0.467 e. The van der Waals surface area contributed by atoms with E-state index in [1.807, 2.05) is 6.07 Å². The normalized spacial score (nSPS) is 11.8. The lowest BCUT2D eigenvalue weighted by Crippen LogP contribution is -2.37. The molecule has 0 aliphatic heterocycles. The second-order valence-electron chi connectivity index (χ2n) is 3.37. The fourth-order valence-electron chi connectivity index (χ4n) is 1.18. The summed E-state index contributed by atoms with van der Waals surface area (Å²) >= 11 is 5.35. The first kappa shape index (κ1) is 15.4. The summed E-state index contributed by atoms with van der Waals surface area (Å²) in [6.45, 7) is -0.191. The van der Waals surface area contributed by atoms with E-state index in [0.717, 1.165) is 3.57 Å². The molecule has 5 nitrogen and oxygen atoms in total. The van der Waals surface area contributed by atoms with Crippen LogP contribution in [0.25, 0.3) is 0 Å². The van der Waals surface area contributed by atoms with Gasteiger partial charge in [0.05, 0.1) is 19.2 Å². The lowest BCUT2D eigenvalue weighted by molar-refractivity contribution is -0.149. The highest BCUT2D eigenvalue weighted by Gasteiger charge is 2.17. The number of nitrogens with one attached hydrogen (secondary N) is 1. The number of carbonyl (C=O) groups is 2. The van der Waals surface area contributed by atoms with E-state index in [1.54, 1.807) is 12.1 Å². The molecular weight excluding hydrogens is 417 g/mol. The number of hydrogen-bond donors (Lipinski definition) is 2. The topological polar surface area (TPSA) is 75.6 Å². The number of halogens is 2. The van der Waals surface area contributed by atoms with Crippen molar-refractivity contribution in [2.45, 2.75) is 6.10 Å². The van der Waals surface area contributed by atoms with Gasteiger partial charge in [0.15, 0.2) is 6.10 Å². The molecule has 0 heterocycles. The van der Waals surface area contributed by atoms with Gasteiger partial charge in [0.2, 0.25) is 0 Å². The van der Waals surface area contributed by atoms with Crippen LogP contribution in [0.15, 0.2) is 22.7 Å². The summed E-state index contributed by atoms with van der Waals surface area (Å²) in [5.74, 6) is -1.15. The van der Waals surface area contributed by atoms with Crippen LogP contribution in [0.2, 0.25) is 0 Å². The lowest BCUT2D eigenvalue weighted by atomic mass is 10.2. The predicted octanol–water partition coefficient (Wildman–Crippen LogP) is 1.32. The third-order valence-corrected chi connectivity index (χ3v) is 3.46. The summed E-state index contributed by atoms with van der Waals surface area (Å²) in [7, 11) is 1.17. The van der Waals surface area contributed by atoms with Crippen LogP contribution in [0.4, 0.5) is 0 Å². The van der Waals surface area contributed by atoms with Crippen LogP contribution in [0, 0.1) is 3.57 Å². The summed E-state index contributed by atoms with van der Waals surface area (Å²) in [6.07, 6.45) is -1.36. The van der Waals surface area contributed by atoms with Gasteiger partial charge < -0.3 is 15.2 Å². The van der Waals surface area contributed by atoms with Gasteiger partial charge in [-0.25, -0.2) is 4.79 Å². The van der Waals surface area contributed by atoms with Crippen molar-refractivity contribution in [1.29, 1.82) is 0 Å². The summed E-state index contributed by atoms with van der Waals surface area (Å²) in [5, 5.41) is 11.8. The van der Waals surface area contributed by atoms with Crippen LogP contribution < -0.4 is 5.32 Å². The van der Waals surface area contributed by atoms with E-state index in [4.69, 9.17) is 0 Å². The van der Waals surface area contributed by atoms with Crippen molar-refractivity contribution >= 4 is 50.4 Å². The maximum absolute atomic E-state index is 11.8. The molecule has 0 saturated heterocycles. The number of ether oxygens (including phenoxy) is 1. The SMILES string of the molecule is COC(=O)C(O)CNC(=O)c1cc(I)ccc1Br. The second-order valence-corrected chi connectivity index (χ2v) is 5.47. The fraction of sp³-hybridized carbons (Fsp3) is 0.273. The van der Waals surface area contributed by atoms with Gasteiger partial charge in [-0.15, -0.1) is 0 Å². The van der Waals surface area contributed by atoms with Crippen molar-refractivity contribution in [3.8, 4) is 0 Å². The maximum atomic E-state index is 11.8. The summed E-state index contributed by atoms with van der Waals surface area (Å²) < 4.78 is 5.90. The largest absolute Gasteiger partial charge is 0.467 e. The maximum Gasteiger partial charge on any atom is 0.336 e. The molecule has 1 aromatic rings. The fourth-order valence-corrected chi connectivity index (χ4v) is 2.09. The molecule has 0 spiro atoms. The van der Waals surface area contributed by atoms with E-state index in [2.05, 4.69) is 48.6 Å². The lowest BCUT2D eigenvalue weighted by Gasteiger charge is -2.10. The van der Waals surface area contributed by atoms with Gasteiger partial charge in [-0.2, -0.15) is 0 Å². The molecule has 0 bridgehead atoms. The van der Waals surface area contributed by atoms with E-state index in [1.165, 1.54) is 7.11 Å². The number of methoxy groups -OCH3 is 1. The number of aliphatic hydroxyl groups is 1. The average Bonchev–Trinajstić information content (AvgIpc) is 2.37. The number of benzene rings is 1. The van der Waals surface area contributed by atoms with Gasteiger partial charge in [0.1, 0.15) is 0 Å². The number of esters is 1. The average molecular weight is 428 g/mol. The molecule has 98 valence electrons. The van der Waals surface area contributed by atoms with Crippen LogP contribution in [0.1, 0.15) is 10.4 Å². The van der Waals surface area contributed by atoms with Crippen LogP contribution in [-0.2, 0) is 9.53 Å². The van der Waals surface area contributed by atoms with Gasteiger partial charge >= 0.3 is 5.97 Å². The Hall–Kier alpha value is -0.670. The zero-order valence-corrected chi connectivity index (χ0v) is 13.2. The minimum atomic E-state index is -1.36. The second kappa shape index (κ2) is 7.05.